The fourth-order valence-corrected chi connectivity index (χ4v) is 0.743. The molecule has 0 rings (SSSR count). The Morgan fingerprint density at radius 3 is 2.70 bits per heavy atom. The fraction of sp³-hybridized carbons (Fsp3) is 0.625. The Morgan fingerprint density at radius 2 is 2.30 bits per heavy atom. The first-order valence-electron chi connectivity index (χ1n) is 3.40. The van der Waals surface area contributed by atoms with E-state index in [0.717, 1.165) is 0 Å². The normalized spacial score (nSPS) is 13.5. The molecule has 0 aromatic heterocycles. The Bertz CT molecular complexity index is 127. The summed E-state index contributed by atoms with van der Waals surface area (Å²) in [6.07, 6.45) is 4.39. The third-order valence-electron chi connectivity index (χ3n) is 1.24. The van der Waals surface area contributed by atoms with Crippen LogP contribution in [0.25, 0.3) is 0 Å². The van der Waals surface area contributed by atoms with E-state index in [4.69, 9.17) is 0 Å². The van der Waals surface area contributed by atoms with E-state index in [0.29, 0.717) is 6.42 Å². The van der Waals surface area contributed by atoms with Gasteiger partial charge in [-0.2, -0.15) is 0 Å². The van der Waals surface area contributed by atoms with E-state index >= 15 is 0 Å². The molecule has 0 heterocycles. The van der Waals surface area contributed by atoms with E-state index in [9.17, 15) is 4.79 Å². The van der Waals surface area contributed by atoms with Crippen molar-refractivity contribution in [1.29, 1.82) is 0 Å². The molecular formula is C8H14O2. The van der Waals surface area contributed by atoms with Gasteiger partial charge in [-0.1, -0.05) is 19.1 Å². The van der Waals surface area contributed by atoms with E-state index in [1.807, 2.05) is 26.0 Å². The van der Waals surface area contributed by atoms with Gasteiger partial charge in [0.1, 0.15) is 0 Å². The summed E-state index contributed by atoms with van der Waals surface area (Å²) in [5.74, 6) is 0.142. The summed E-state index contributed by atoms with van der Waals surface area (Å²) < 4.78 is 4.49. The van der Waals surface area contributed by atoms with Crippen molar-refractivity contribution in [3.05, 3.63) is 12.2 Å². The molecule has 0 saturated heterocycles. The molecule has 0 spiro atoms. The van der Waals surface area contributed by atoms with E-state index in [-0.39, 0.29) is 11.9 Å². The number of ether oxygens (including phenoxy) is 1. The second-order valence-electron chi connectivity index (χ2n) is 2.28. The van der Waals surface area contributed by atoms with Gasteiger partial charge < -0.3 is 4.74 Å². The lowest BCUT2D eigenvalue weighted by molar-refractivity contribution is -0.141. The number of carbonyl (C=O) groups is 1. The van der Waals surface area contributed by atoms with Gasteiger partial charge in [-0.15, -0.1) is 0 Å². The van der Waals surface area contributed by atoms with Crippen LogP contribution in [-0.4, -0.2) is 13.1 Å². The number of rotatable bonds is 3. The van der Waals surface area contributed by atoms with Crippen molar-refractivity contribution in [2.45, 2.75) is 20.3 Å². The van der Waals surface area contributed by atoms with Crippen molar-refractivity contribution < 1.29 is 9.53 Å². The highest BCUT2D eigenvalue weighted by molar-refractivity contribution is 5.69. The van der Waals surface area contributed by atoms with Gasteiger partial charge in [-0.3, -0.25) is 4.79 Å². The van der Waals surface area contributed by atoms with Gasteiger partial charge in [0, 0.05) is 0 Å². The molecule has 0 amide bonds. The molecule has 0 fully saturated rings. The van der Waals surface area contributed by atoms with E-state index in [1.165, 1.54) is 7.11 Å². The maximum absolute atomic E-state index is 10.6. The van der Waals surface area contributed by atoms with E-state index in [1.54, 1.807) is 0 Å². The Kier molecular flexibility index (Phi) is 4.63. The van der Waals surface area contributed by atoms with Gasteiger partial charge in [0.15, 0.2) is 0 Å². The van der Waals surface area contributed by atoms with Crippen LogP contribution >= 0.6 is 0 Å². The van der Waals surface area contributed by atoms with Gasteiger partial charge in [0.25, 0.3) is 0 Å². The van der Waals surface area contributed by atoms with Crippen LogP contribution < -0.4 is 0 Å². The topological polar surface area (TPSA) is 26.3 Å². The lowest BCUT2D eigenvalue weighted by Crippen LogP contribution is -2.04. The highest BCUT2D eigenvalue weighted by atomic mass is 16.5. The Labute approximate surface area is 61.9 Å². The lowest BCUT2D eigenvalue weighted by Gasteiger charge is -2.02. The van der Waals surface area contributed by atoms with Crippen LogP contribution in [0.3, 0.4) is 0 Å². The minimum absolute atomic E-state index is 0.148. The molecule has 1 atom stereocenters. The van der Waals surface area contributed by atoms with E-state index < -0.39 is 0 Å². The zero-order valence-electron chi connectivity index (χ0n) is 6.76. The second kappa shape index (κ2) is 5.03. The van der Waals surface area contributed by atoms with Crippen LogP contribution in [-0.2, 0) is 9.53 Å². The summed E-state index contributed by atoms with van der Waals surface area (Å²) in [5, 5.41) is 0. The van der Waals surface area contributed by atoms with Crippen LogP contribution in [0.2, 0.25) is 0 Å². The molecule has 0 N–H and O–H groups in total. The summed E-state index contributed by atoms with van der Waals surface area (Å²) in [7, 11) is 1.41. The average Bonchev–Trinajstić information content (AvgIpc) is 1.88. The summed E-state index contributed by atoms with van der Waals surface area (Å²) in [5.41, 5.74) is 0. The number of esters is 1. The second-order valence-corrected chi connectivity index (χ2v) is 2.28. The van der Waals surface area contributed by atoms with Crippen LogP contribution in [0, 0.1) is 5.92 Å². The average molecular weight is 142 g/mol. The molecule has 10 heavy (non-hydrogen) atoms. The highest BCUT2D eigenvalue weighted by Crippen LogP contribution is 2.03. The molecule has 0 radical (unpaired) electrons. The molecule has 0 saturated carbocycles. The minimum Gasteiger partial charge on any atom is -0.469 e. The fourth-order valence-electron chi connectivity index (χ4n) is 0.743. The standard InChI is InChI=1S/C8H14O2/c1-4-5-7(2)6-8(9)10-3/h4-5,7H,6H2,1-3H3/b5-4+/t7-/m0/s1. The number of carbonyl (C=O) groups excluding carboxylic acids is 1. The van der Waals surface area contributed by atoms with Gasteiger partial charge in [-0.25, -0.2) is 0 Å². The first-order chi connectivity index (χ1) is 4.70. The van der Waals surface area contributed by atoms with Crippen molar-refractivity contribution in [3.8, 4) is 0 Å². The number of hydrogen-bond acceptors (Lipinski definition) is 2. The molecule has 0 aliphatic rings. The maximum Gasteiger partial charge on any atom is 0.306 e. The molecular weight excluding hydrogens is 128 g/mol. The van der Waals surface area contributed by atoms with Crippen LogP contribution in [0.5, 0.6) is 0 Å². The largest absolute Gasteiger partial charge is 0.469 e. The Morgan fingerprint density at radius 1 is 1.70 bits per heavy atom. The quantitative estimate of drug-likeness (QED) is 0.443. The molecule has 0 unspecified atom stereocenters. The van der Waals surface area contributed by atoms with Crippen molar-refractivity contribution in [3.63, 3.8) is 0 Å². The number of hydrogen-bond donors (Lipinski definition) is 0. The third kappa shape index (κ3) is 4.13. The van der Waals surface area contributed by atoms with Crippen LogP contribution in [0.15, 0.2) is 12.2 Å². The molecule has 2 heteroatoms. The van der Waals surface area contributed by atoms with Crippen LogP contribution in [0.1, 0.15) is 20.3 Å². The van der Waals surface area contributed by atoms with Crippen molar-refractivity contribution in [1.82, 2.24) is 0 Å². The molecule has 0 aromatic carbocycles. The Balaban J connectivity index is 3.57. The predicted octanol–water partition coefficient (Wildman–Crippen LogP) is 1.76. The molecule has 0 aromatic rings. The van der Waals surface area contributed by atoms with Crippen molar-refractivity contribution >= 4 is 5.97 Å². The van der Waals surface area contributed by atoms with Gasteiger partial charge in [0.05, 0.1) is 13.5 Å². The van der Waals surface area contributed by atoms with Crippen LogP contribution in [0.4, 0.5) is 0 Å². The first-order valence-corrected chi connectivity index (χ1v) is 3.40. The van der Waals surface area contributed by atoms with E-state index in [2.05, 4.69) is 4.74 Å². The Hall–Kier alpha value is -0.790. The van der Waals surface area contributed by atoms with Gasteiger partial charge in [0.2, 0.25) is 0 Å². The summed E-state index contributed by atoms with van der Waals surface area (Å²) >= 11 is 0. The summed E-state index contributed by atoms with van der Waals surface area (Å²) in [6, 6.07) is 0. The molecule has 0 aliphatic heterocycles. The van der Waals surface area contributed by atoms with Gasteiger partial charge in [-0.05, 0) is 12.8 Å². The SMILES string of the molecule is C/C=C/[C@H](C)CC(=O)OC. The monoisotopic (exact) mass is 142 g/mol. The zero-order chi connectivity index (χ0) is 7.98. The lowest BCUT2D eigenvalue weighted by atomic mass is 10.1. The van der Waals surface area contributed by atoms with Crippen molar-refractivity contribution in [2.75, 3.05) is 7.11 Å². The number of allylic oxidation sites excluding steroid dienone is 2. The zero-order valence-corrected chi connectivity index (χ0v) is 6.76. The third-order valence-corrected chi connectivity index (χ3v) is 1.24. The predicted molar refractivity (Wildman–Crippen MR) is 40.6 cm³/mol. The molecule has 2 nitrogen and oxygen atoms in total. The first kappa shape index (κ1) is 9.21. The molecule has 0 bridgehead atoms. The summed E-state index contributed by atoms with van der Waals surface area (Å²) in [6.45, 7) is 3.92. The van der Waals surface area contributed by atoms with Crippen molar-refractivity contribution in [2.24, 2.45) is 5.92 Å². The summed E-state index contributed by atoms with van der Waals surface area (Å²) in [4.78, 5) is 10.6. The maximum atomic E-state index is 10.6. The van der Waals surface area contributed by atoms with Gasteiger partial charge >= 0.3 is 5.97 Å². The molecule has 0 aliphatic carbocycles. The molecule has 58 valence electrons. The minimum atomic E-state index is -0.148. The highest BCUT2D eigenvalue weighted by Gasteiger charge is 2.04. The smallest absolute Gasteiger partial charge is 0.306 e. The number of methoxy groups -OCH3 is 1.